The predicted molar refractivity (Wildman–Crippen MR) is 154 cm³/mol. The van der Waals surface area contributed by atoms with Crippen LogP contribution in [-0.4, -0.2) is 34.3 Å². The summed E-state index contributed by atoms with van der Waals surface area (Å²) in [6, 6.07) is 20.6. The lowest BCUT2D eigenvalue weighted by atomic mass is 10.1. The van der Waals surface area contributed by atoms with Gasteiger partial charge in [0.1, 0.15) is 11.4 Å². The summed E-state index contributed by atoms with van der Waals surface area (Å²) in [6.07, 6.45) is -0.114. The number of aromatic nitrogens is 2. The maximum Gasteiger partial charge on any atom is 0.408 e. The van der Waals surface area contributed by atoms with E-state index in [-0.39, 0.29) is 5.56 Å². The number of amides is 1. The second kappa shape index (κ2) is 11.9. The summed E-state index contributed by atoms with van der Waals surface area (Å²) in [6.45, 7) is 7.27. The molecule has 4 aromatic rings. The standard InChI is InChI=1S/C32H31N3O5/c1-6-25(34-31(38)40-32(2,3)4)28-33-26-14-10-11-22(18-15-21-16-19-23(20-17-21)30(37)39-5)27(26)29(36)35(28)24-12-8-7-9-13-24/h7-14,16-17,19-20,25H,6H2,1-5H3,(H,34,38). The Hall–Kier alpha value is -4.90. The van der Waals surface area contributed by atoms with E-state index in [0.717, 1.165) is 0 Å². The van der Waals surface area contributed by atoms with Gasteiger partial charge in [0.15, 0.2) is 0 Å². The zero-order valence-electron chi connectivity index (χ0n) is 23.1. The summed E-state index contributed by atoms with van der Waals surface area (Å²) in [5.41, 5.74) is 1.70. The highest BCUT2D eigenvalue weighted by molar-refractivity contribution is 5.89. The van der Waals surface area contributed by atoms with E-state index in [9.17, 15) is 14.4 Å². The lowest BCUT2D eigenvalue weighted by molar-refractivity contribution is 0.0498. The fourth-order valence-electron chi connectivity index (χ4n) is 4.16. The number of hydrogen-bond acceptors (Lipinski definition) is 6. The third kappa shape index (κ3) is 6.38. The van der Waals surface area contributed by atoms with Gasteiger partial charge in [0.2, 0.25) is 0 Å². The van der Waals surface area contributed by atoms with Gasteiger partial charge in [0.05, 0.1) is 35.3 Å². The number of carbonyl (C=O) groups excluding carboxylic acids is 2. The van der Waals surface area contributed by atoms with E-state index in [1.165, 1.54) is 11.7 Å². The molecule has 1 heterocycles. The summed E-state index contributed by atoms with van der Waals surface area (Å²) in [5, 5.41) is 3.24. The molecule has 1 unspecified atom stereocenters. The van der Waals surface area contributed by atoms with E-state index in [2.05, 4.69) is 17.2 Å². The molecule has 1 atom stereocenters. The van der Waals surface area contributed by atoms with Crippen molar-refractivity contribution in [2.75, 3.05) is 7.11 Å². The topological polar surface area (TPSA) is 99.5 Å². The second-order valence-electron chi connectivity index (χ2n) is 10.1. The fraction of sp³-hybridized carbons (Fsp3) is 0.250. The smallest absolute Gasteiger partial charge is 0.408 e. The minimum Gasteiger partial charge on any atom is -0.465 e. The van der Waals surface area contributed by atoms with Gasteiger partial charge in [-0.25, -0.2) is 14.6 Å². The van der Waals surface area contributed by atoms with Crippen LogP contribution in [0.2, 0.25) is 0 Å². The van der Waals surface area contributed by atoms with Crippen LogP contribution in [0.25, 0.3) is 16.6 Å². The van der Waals surface area contributed by atoms with Gasteiger partial charge in [0, 0.05) is 11.1 Å². The molecule has 1 N–H and O–H groups in total. The Morgan fingerprint density at radius 2 is 1.68 bits per heavy atom. The minimum atomic E-state index is -0.675. The maximum atomic E-state index is 14.1. The number of nitrogens with one attached hydrogen (secondary N) is 1. The number of alkyl carbamates (subject to hydrolysis) is 1. The largest absolute Gasteiger partial charge is 0.465 e. The van der Waals surface area contributed by atoms with Gasteiger partial charge in [-0.3, -0.25) is 9.36 Å². The molecule has 0 spiro atoms. The van der Waals surface area contributed by atoms with Crippen molar-refractivity contribution in [3.8, 4) is 17.5 Å². The van der Waals surface area contributed by atoms with Gasteiger partial charge in [-0.15, -0.1) is 0 Å². The van der Waals surface area contributed by atoms with Crippen molar-refractivity contribution in [3.63, 3.8) is 0 Å². The van der Waals surface area contributed by atoms with Crippen LogP contribution in [0.4, 0.5) is 4.79 Å². The number of fused-ring (bicyclic) bond motifs is 1. The number of rotatable bonds is 5. The molecule has 204 valence electrons. The van der Waals surface area contributed by atoms with Crippen molar-refractivity contribution in [2.24, 2.45) is 0 Å². The molecule has 0 fully saturated rings. The normalized spacial score (nSPS) is 11.7. The summed E-state index contributed by atoms with van der Waals surface area (Å²) in [5.74, 6) is 6.13. The van der Waals surface area contributed by atoms with Gasteiger partial charge in [-0.2, -0.15) is 0 Å². The first-order valence-electron chi connectivity index (χ1n) is 12.9. The Balaban J connectivity index is 1.85. The van der Waals surface area contributed by atoms with Crippen LogP contribution >= 0.6 is 0 Å². The lowest BCUT2D eigenvalue weighted by Crippen LogP contribution is -2.37. The monoisotopic (exact) mass is 537 g/mol. The molecule has 0 saturated carbocycles. The van der Waals surface area contributed by atoms with E-state index in [0.29, 0.717) is 45.5 Å². The number of esters is 1. The van der Waals surface area contributed by atoms with E-state index < -0.39 is 23.7 Å². The highest BCUT2D eigenvalue weighted by atomic mass is 16.6. The van der Waals surface area contributed by atoms with Crippen LogP contribution in [0.3, 0.4) is 0 Å². The SMILES string of the molecule is CCC(NC(=O)OC(C)(C)C)c1nc2cccc(C#Cc3ccc(C(=O)OC)cc3)c2c(=O)n1-c1ccccc1. The van der Waals surface area contributed by atoms with Crippen LogP contribution in [0.1, 0.15) is 67.5 Å². The summed E-state index contributed by atoms with van der Waals surface area (Å²) in [7, 11) is 1.33. The van der Waals surface area contributed by atoms with Crippen molar-refractivity contribution in [2.45, 2.75) is 45.8 Å². The summed E-state index contributed by atoms with van der Waals surface area (Å²) in [4.78, 5) is 43.4. The first-order chi connectivity index (χ1) is 19.1. The Morgan fingerprint density at radius 1 is 0.975 bits per heavy atom. The van der Waals surface area contributed by atoms with Crippen molar-refractivity contribution in [3.05, 3.63) is 106 Å². The highest BCUT2D eigenvalue weighted by Gasteiger charge is 2.25. The Labute approximate surface area is 233 Å². The van der Waals surface area contributed by atoms with E-state index in [1.807, 2.05) is 37.3 Å². The maximum absolute atomic E-state index is 14.1. The number of methoxy groups -OCH3 is 1. The molecule has 0 bridgehead atoms. The molecule has 0 aliphatic heterocycles. The average Bonchev–Trinajstić information content (AvgIpc) is 2.94. The predicted octanol–water partition coefficient (Wildman–Crippen LogP) is 5.55. The van der Waals surface area contributed by atoms with E-state index >= 15 is 0 Å². The third-order valence-electron chi connectivity index (χ3n) is 6.00. The van der Waals surface area contributed by atoms with Crippen molar-refractivity contribution in [1.82, 2.24) is 14.9 Å². The van der Waals surface area contributed by atoms with Gasteiger partial charge in [-0.1, -0.05) is 43.0 Å². The van der Waals surface area contributed by atoms with Gasteiger partial charge >= 0.3 is 12.1 Å². The average molecular weight is 538 g/mol. The van der Waals surface area contributed by atoms with Crippen molar-refractivity contribution in [1.29, 1.82) is 0 Å². The molecule has 3 aromatic carbocycles. The molecule has 0 saturated heterocycles. The number of carbonyl (C=O) groups is 2. The van der Waals surface area contributed by atoms with E-state index in [1.54, 1.807) is 63.2 Å². The highest BCUT2D eigenvalue weighted by Crippen LogP contribution is 2.22. The van der Waals surface area contributed by atoms with Crippen molar-refractivity contribution >= 4 is 23.0 Å². The van der Waals surface area contributed by atoms with Gasteiger partial charge < -0.3 is 14.8 Å². The molecule has 4 rings (SSSR count). The Kier molecular flexibility index (Phi) is 8.34. The third-order valence-corrected chi connectivity index (χ3v) is 6.00. The number of nitrogens with zero attached hydrogens (tertiary/aromatic N) is 2. The number of ether oxygens (including phenoxy) is 2. The Bertz CT molecular complexity index is 1660. The second-order valence-corrected chi connectivity index (χ2v) is 10.1. The first kappa shape index (κ1) is 28.1. The van der Waals surface area contributed by atoms with Crippen molar-refractivity contribution < 1.29 is 19.1 Å². The lowest BCUT2D eigenvalue weighted by Gasteiger charge is -2.24. The summed E-state index contributed by atoms with van der Waals surface area (Å²) < 4.78 is 11.7. The molecule has 1 aromatic heterocycles. The van der Waals surface area contributed by atoms with Crippen LogP contribution in [0.5, 0.6) is 0 Å². The number of para-hydroxylation sites is 1. The molecule has 8 nitrogen and oxygen atoms in total. The first-order valence-corrected chi connectivity index (χ1v) is 12.9. The van der Waals surface area contributed by atoms with Gasteiger partial charge in [-0.05, 0) is 75.7 Å². The van der Waals surface area contributed by atoms with Gasteiger partial charge in [0.25, 0.3) is 5.56 Å². The minimum absolute atomic E-state index is 0.304. The van der Waals surface area contributed by atoms with Crippen LogP contribution in [-0.2, 0) is 9.47 Å². The summed E-state index contributed by atoms with van der Waals surface area (Å²) >= 11 is 0. The zero-order chi connectivity index (χ0) is 28.9. The van der Waals surface area contributed by atoms with E-state index in [4.69, 9.17) is 14.5 Å². The zero-order valence-corrected chi connectivity index (χ0v) is 23.1. The Morgan fingerprint density at radius 3 is 2.30 bits per heavy atom. The van der Waals surface area contributed by atoms with Crippen LogP contribution in [0.15, 0.2) is 77.6 Å². The molecule has 0 radical (unpaired) electrons. The molecule has 1 amide bonds. The molecule has 40 heavy (non-hydrogen) atoms. The quantitative estimate of drug-likeness (QED) is 0.265. The fourth-order valence-corrected chi connectivity index (χ4v) is 4.16. The molecule has 8 heteroatoms. The number of hydrogen-bond donors (Lipinski definition) is 1. The molecular weight excluding hydrogens is 506 g/mol. The van der Waals surface area contributed by atoms with Crippen LogP contribution in [0, 0.1) is 11.8 Å². The number of benzene rings is 3. The molecular formula is C32H31N3O5. The molecule has 0 aliphatic rings. The van der Waals surface area contributed by atoms with Crippen LogP contribution < -0.4 is 10.9 Å². The molecule has 0 aliphatic carbocycles.